The van der Waals surface area contributed by atoms with Gasteiger partial charge in [0.15, 0.2) is 0 Å². The molecule has 2 heterocycles. The van der Waals surface area contributed by atoms with Crippen molar-refractivity contribution in [1.29, 1.82) is 0 Å². The molecule has 4 amide bonds. The van der Waals surface area contributed by atoms with Gasteiger partial charge in [-0.2, -0.15) is 0 Å². The molecule has 2 aliphatic heterocycles. The number of hydrogen-bond donors (Lipinski definition) is 2. The Kier molecular flexibility index (Phi) is 8.29. The Bertz CT molecular complexity index is 841. The Morgan fingerprint density at radius 3 is 2.47 bits per heavy atom. The first-order chi connectivity index (χ1) is 15.4. The molecule has 2 N–H and O–H groups in total. The number of rotatable bonds is 6. The molecule has 1 atom stereocenters. The lowest BCUT2D eigenvalue weighted by Crippen LogP contribution is -2.60. The number of anilines is 1. The van der Waals surface area contributed by atoms with Crippen molar-refractivity contribution in [3.63, 3.8) is 0 Å². The van der Waals surface area contributed by atoms with Crippen molar-refractivity contribution in [3.05, 3.63) is 29.3 Å². The first kappa shape index (κ1) is 23.8. The summed E-state index contributed by atoms with van der Waals surface area (Å²) >= 11 is 5.86. The van der Waals surface area contributed by atoms with E-state index < -0.39 is 6.04 Å². The zero-order chi connectivity index (χ0) is 23.1. The van der Waals surface area contributed by atoms with Crippen LogP contribution < -0.4 is 10.6 Å². The van der Waals surface area contributed by atoms with E-state index in [0.717, 1.165) is 0 Å². The number of carbonyl (C=O) groups excluding carboxylic acids is 4. The SMILES string of the molecule is CCOC(=O)N1CCN(CC(=O)N2CCNC(=O)C2CC(=O)Nc2ccc(Cl)cc2)CC1. The third-order valence-electron chi connectivity index (χ3n) is 5.42. The molecule has 1 aromatic rings. The highest BCUT2D eigenvalue weighted by atomic mass is 35.5. The summed E-state index contributed by atoms with van der Waals surface area (Å²) in [5.41, 5.74) is 0.563. The van der Waals surface area contributed by atoms with Crippen molar-refractivity contribution >= 4 is 41.1 Å². The zero-order valence-electron chi connectivity index (χ0n) is 18.0. The summed E-state index contributed by atoms with van der Waals surface area (Å²) in [6.07, 6.45) is -0.491. The van der Waals surface area contributed by atoms with Gasteiger partial charge in [-0.05, 0) is 31.2 Å². The Balaban J connectivity index is 1.54. The predicted octanol–water partition coefficient (Wildman–Crippen LogP) is 0.770. The standard InChI is InChI=1S/C21H28ClN5O5/c1-2-32-21(31)26-11-9-25(10-12-26)14-19(29)27-8-7-23-20(30)17(27)13-18(28)24-16-5-3-15(22)4-6-16/h3-6,17H,2,7-14H2,1H3,(H,23,30)(H,24,28). The normalized spacial score (nSPS) is 19.3. The second-order valence-electron chi connectivity index (χ2n) is 7.62. The molecule has 0 saturated carbocycles. The molecule has 32 heavy (non-hydrogen) atoms. The summed E-state index contributed by atoms with van der Waals surface area (Å²) in [6, 6.07) is 5.77. The average molecular weight is 466 g/mol. The van der Waals surface area contributed by atoms with E-state index in [1.807, 2.05) is 4.90 Å². The van der Waals surface area contributed by atoms with E-state index in [2.05, 4.69) is 10.6 Å². The fourth-order valence-electron chi connectivity index (χ4n) is 3.72. The maximum atomic E-state index is 13.0. The largest absolute Gasteiger partial charge is 0.450 e. The summed E-state index contributed by atoms with van der Waals surface area (Å²) in [4.78, 5) is 54.8. The number of halogens is 1. The van der Waals surface area contributed by atoms with E-state index in [1.54, 1.807) is 36.1 Å². The molecule has 11 heteroatoms. The summed E-state index contributed by atoms with van der Waals surface area (Å²) in [7, 11) is 0. The zero-order valence-corrected chi connectivity index (χ0v) is 18.8. The molecule has 0 bridgehead atoms. The fraction of sp³-hybridized carbons (Fsp3) is 0.524. The molecule has 174 valence electrons. The second-order valence-corrected chi connectivity index (χ2v) is 8.05. The molecule has 3 rings (SSSR count). The van der Waals surface area contributed by atoms with Gasteiger partial charge in [0.2, 0.25) is 17.7 Å². The Morgan fingerprint density at radius 1 is 1.12 bits per heavy atom. The molecule has 1 aromatic carbocycles. The smallest absolute Gasteiger partial charge is 0.409 e. The van der Waals surface area contributed by atoms with E-state index in [-0.39, 0.29) is 36.8 Å². The molecule has 0 aliphatic carbocycles. The van der Waals surface area contributed by atoms with Crippen molar-refractivity contribution in [2.45, 2.75) is 19.4 Å². The number of nitrogens with one attached hydrogen (secondary N) is 2. The highest BCUT2D eigenvalue weighted by Crippen LogP contribution is 2.16. The molecule has 10 nitrogen and oxygen atoms in total. The highest BCUT2D eigenvalue weighted by molar-refractivity contribution is 6.30. The van der Waals surface area contributed by atoms with Gasteiger partial charge in [-0.1, -0.05) is 11.6 Å². The van der Waals surface area contributed by atoms with Gasteiger partial charge >= 0.3 is 6.09 Å². The summed E-state index contributed by atoms with van der Waals surface area (Å²) in [6.45, 7) is 4.90. The van der Waals surface area contributed by atoms with Crippen molar-refractivity contribution in [3.8, 4) is 0 Å². The van der Waals surface area contributed by atoms with E-state index in [9.17, 15) is 19.2 Å². The molecule has 0 aromatic heterocycles. The van der Waals surface area contributed by atoms with Crippen molar-refractivity contribution in [1.82, 2.24) is 20.0 Å². The molecule has 0 radical (unpaired) electrons. The van der Waals surface area contributed by atoms with E-state index >= 15 is 0 Å². The number of amides is 4. The van der Waals surface area contributed by atoms with Crippen LogP contribution in [0.2, 0.25) is 5.02 Å². The maximum Gasteiger partial charge on any atom is 0.409 e. The number of piperazine rings is 2. The lowest BCUT2D eigenvalue weighted by molar-refractivity contribution is -0.145. The van der Waals surface area contributed by atoms with Crippen LogP contribution in [0.5, 0.6) is 0 Å². The van der Waals surface area contributed by atoms with Gasteiger partial charge in [0.1, 0.15) is 6.04 Å². The molecule has 1 unspecified atom stereocenters. The minimum absolute atomic E-state index is 0.124. The van der Waals surface area contributed by atoms with E-state index in [1.165, 1.54) is 4.90 Å². The first-order valence-electron chi connectivity index (χ1n) is 10.6. The lowest BCUT2D eigenvalue weighted by atomic mass is 10.1. The Labute approximate surface area is 191 Å². The molecule has 2 aliphatic rings. The number of nitrogens with zero attached hydrogens (tertiary/aromatic N) is 3. The van der Waals surface area contributed by atoms with Gasteiger partial charge in [-0.25, -0.2) is 4.79 Å². The molecule has 2 fully saturated rings. The maximum absolute atomic E-state index is 13.0. The highest BCUT2D eigenvalue weighted by Gasteiger charge is 2.35. The lowest BCUT2D eigenvalue weighted by Gasteiger charge is -2.38. The fourth-order valence-corrected chi connectivity index (χ4v) is 3.85. The minimum Gasteiger partial charge on any atom is -0.450 e. The predicted molar refractivity (Wildman–Crippen MR) is 118 cm³/mol. The molecule has 2 saturated heterocycles. The molecular formula is C21H28ClN5O5. The number of carbonyl (C=O) groups is 4. The van der Waals surface area contributed by atoms with Crippen molar-refractivity contribution in [2.24, 2.45) is 0 Å². The summed E-state index contributed by atoms with van der Waals surface area (Å²) in [5.74, 6) is -0.924. The monoisotopic (exact) mass is 465 g/mol. The van der Waals surface area contributed by atoms with E-state index in [0.29, 0.717) is 56.6 Å². The van der Waals surface area contributed by atoms with Gasteiger partial charge < -0.3 is 25.2 Å². The Hall–Kier alpha value is -2.85. The molecular weight excluding hydrogens is 438 g/mol. The average Bonchev–Trinajstić information content (AvgIpc) is 2.77. The van der Waals surface area contributed by atoms with Gasteiger partial charge in [-0.3, -0.25) is 19.3 Å². The van der Waals surface area contributed by atoms with Crippen molar-refractivity contribution in [2.75, 3.05) is 57.7 Å². The number of hydrogen-bond acceptors (Lipinski definition) is 6. The van der Waals surface area contributed by atoms with Crippen LogP contribution in [0.1, 0.15) is 13.3 Å². The van der Waals surface area contributed by atoms with Gasteiger partial charge in [0.25, 0.3) is 0 Å². The first-order valence-corrected chi connectivity index (χ1v) is 11.0. The summed E-state index contributed by atoms with van der Waals surface area (Å²) < 4.78 is 5.01. The second kappa shape index (κ2) is 11.1. The summed E-state index contributed by atoms with van der Waals surface area (Å²) in [5, 5.41) is 6.00. The van der Waals surface area contributed by atoms with Gasteiger partial charge in [-0.15, -0.1) is 0 Å². The van der Waals surface area contributed by atoms with Crippen LogP contribution in [0.25, 0.3) is 0 Å². The van der Waals surface area contributed by atoms with Crippen LogP contribution in [0.3, 0.4) is 0 Å². The van der Waals surface area contributed by atoms with Crippen LogP contribution >= 0.6 is 11.6 Å². The van der Waals surface area contributed by atoms with Gasteiger partial charge in [0, 0.05) is 50.0 Å². The minimum atomic E-state index is -0.871. The van der Waals surface area contributed by atoms with Gasteiger partial charge in [0.05, 0.1) is 19.6 Å². The van der Waals surface area contributed by atoms with Crippen LogP contribution in [0.4, 0.5) is 10.5 Å². The van der Waals surface area contributed by atoms with Crippen LogP contribution in [0.15, 0.2) is 24.3 Å². The topological polar surface area (TPSA) is 111 Å². The number of benzene rings is 1. The Morgan fingerprint density at radius 2 is 1.81 bits per heavy atom. The number of ether oxygens (including phenoxy) is 1. The van der Waals surface area contributed by atoms with E-state index in [4.69, 9.17) is 16.3 Å². The third kappa shape index (κ3) is 6.33. The quantitative estimate of drug-likeness (QED) is 0.642. The molecule has 0 spiro atoms. The third-order valence-corrected chi connectivity index (χ3v) is 5.67. The van der Waals surface area contributed by atoms with Crippen LogP contribution in [-0.4, -0.2) is 97.0 Å². The van der Waals surface area contributed by atoms with Crippen molar-refractivity contribution < 1.29 is 23.9 Å². The van der Waals surface area contributed by atoms with Crippen LogP contribution in [-0.2, 0) is 19.1 Å². The van der Waals surface area contributed by atoms with Crippen LogP contribution in [0, 0.1) is 0 Å².